The van der Waals surface area contributed by atoms with E-state index in [-0.39, 0.29) is 5.91 Å². The van der Waals surface area contributed by atoms with Gasteiger partial charge < -0.3 is 5.32 Å². The fraction of sp³-hybridized carbons (Fsp3) is 0. The Labute approximate surface area is 183 Å². The van der Waals surface area contributed by atoms with Crippen molar-refractivity contribution in [2.24, 2.45) is 0 Å². The lowest BCUT2D eigenvalue weighted by molar-refractivity contribution is 0.102. The summed E-state index contributed by atoms with van der Waals surface area (Å²) in [5.41, 5.74) is 3.57. The van der Waals surface area contributed by atoms with Crippen LogP contribution in [0.2, 0.25) is 0 Å². The number of halogens is 1. The smallest absolute Gasteiger partial charge is 0.255 e. The van der Waals surface area contributed by atoms with Gasteiger partial charge in [-0.3, -0.25) is 4.79 Å². The molecule has 0 aliphatic rings. The second-order valence-electron chi connectivity index (χ2n) is 7.17. The van der Waals surface area contributed by atoms with Crippen LogP contribution in [-0.4, -0.2) is 5.91 Å². The number of amides is 1. The van der Waals surface area contributed by atoms with Crippen LogP contribution in [0.25, 0.3) is 32.7 Å². The highest BCUT2D eigenvalue weighted by molar-refractivity contribution is 9.10. The van der Waals surface area contributed by atoms with Gasteiger partial charge in [0.2, 0.25) is 0 Å². The lowest BCUT2D eigenvalue weighted by atomic mass is 9.91. The SMILES string of the molecule is O=C(Nc1c(-c2ccccc2)c2ccccc2c2ccccc12)c1ccc(Br)cc1. The predicted octanol–water partition coefficient (Wildman–Crippen LogP) is 7.67. The number of anilines is 1. The summed E-state index contributed by atoms with van der Waals surface area (Å²) >= 11 is 3.43. The first-order valence-electron chi connectivity index (χ1n) is 9.78. The van der Waals surface area contributed by atoms with Gasteiger partial charge in [0.15, 0.2) is 0 Å². The van der Waals surface area contributed by atoms with Crippen molar-refractivity contribution in [3.05, 3.63) is 113 Å². The van der Waals surface area contributed by atoms with Crippen molar-refractivity contribution in [1.82, 2.24) is 0 Å². The molecule has 3 heteroatoms. The van der Waals surface area contributed by atoms with Crippen LogP contribution in [0.3, 0.4) is 0 Å². The van der Waals surface area contributed by atoms with Crippen LogP contribution < -0.4 is 5.32 Å². The summed E-state index contributed by atoms with van der Waals surface area (Å²) in [6, 6.07) is 34.3. The Morgan fingerprint density at radius 2 is 1.13 bits per heavy atom. The molecule has 2 nitrogen and oxygen atoms in total. The maximum absolute atomic E-state index is 13.2. The van der Waals surface area contributed by atoms with Gasteiger partial charge in [0, 0.05) is 21.0 Å². The van der Waals surface area contributed by atoms with Gasteiger partial charge in [-0.25, -0.2) is 0 Å². The van der Waals surface area contributed by atoms with Gasteiger partial charge in [-0.1, -0.05) is 94.8 Å². The van der Waals surface area contributed by atoms with Gasteiger partial charge >= 0.3 is 0 Å². The molecule has 0 aliphatic carbocycles. The van der Waals surface area contributed by atoms with Crippen molar-refractivity contribution in [2.45, 2.75) is 0 Å². The Kier molecular flexibility index (Phi) is 4.82. The van der Waals surface area contributed by atoms with Crippen molar-refractivity contribution >= 4 is 49.1 Å². The summed E-state index contributed by atoms with van der Waals surface area (Å²) in [6.07, 6.45) is 0. The van der Waals surface area contributed by atoms with Gasteiger partial charge in [-0.2, -0.15) is 0 Å². The van der Waals surface area contributed by atoms with Crippen LogP contribution in [0.5, 0.6) is 0 Å². The summed E-state index contributed by atoms with van der Waals surface area (Å²) in [4.78, 5) is 13.2. The molecule has 0 aromatic heterocycles. The minimum atomic E-state index is -0.125. The maximum atomic E-state index is 13.2. The molecular formula is C27H18BrNO. The number of fused-ring (bicyclic) bond motifs is 3. The van der Waals surface area contributed by atoms with Crippen LogP contribution in [0, 0.1) is 0 Å². The first kappa shape index (κ1) is 18.6. The summed E-state index contributed by atoms with van der Waals surface area (Å²) in [7, 11) is 0. The summed E-state index contributed by atoms with van der Waals surface area (Å²) in [6.45, 7) is 0. The lowest BCUT2D eigenvalue weighted by Crippen LogP contribution is -2.13. The average molecular weight is 452 g/mol. The van der Waals surface area contributed by atoms with Crippen molar-refractivity contribution in [1.29, 1.82) is 0 Å². The molecular weight excluding hydrogens is 434 g/mol. The molecule has 5 rings (SSSR count). The largest absolute Gasteiger partial charge is 0.321 e. The van der Waals surface area contributed by atoms with Crippen molar-refractivity contribution < 1.29 is 4.79 Å². The Bertz CT molecular complexity index is 1380. The summed E-state index contributed by atoms with van der Waals surface area (Å²) in [5, 5.41) is 7.67. The number of carbonyl (C=O) groups is 1. The van der Waals surface area contributed by atoms with E-state index < -0.39 is 0 Å². The normalized spacial score (nSPS) is 11.0. The Morgan fingerprint density at radius 1 is 0.600 bits per heavy atom. The third-order valence-electron chi connectivity index (χ3n) is 5.34. The standard InChI is InChI=1S/C27H18BrNO/c28-20-16-14-19(15-17-20)27(30)29-26-24-13-7-5-11-22(24)21-10-4-6-12-23(21)25(26)18-8-2-1-3-9-18/h1-17H,(H,29,30). The molecule has 144 valence electrons. The first-order valence-corrected chi connectivity index (χ1v) is 10.6. The molecule has 0 saturated heterocycles. The molecule has 0 aliphatic heterocycles. The van der Waals surface area contributed by atoms with Crippen molar-refractivity contribution in [2.75, 3.05) is 5.32 Å². The molecule has 0 radical (unpaired) electrons. The van der Waals surface area contributed by atoms with Gasteiger partial charge in [0.25, 0.3) is 5.91 Å². The van der Waals surface area contributed by atoms with Gasteiger partial charge in [0.05, 0.1) is 5.69 Å². The van der Waals surface area contributed by atoms with E-state index in [1.54, 1.807) is 0 Å². The zero-order valence-corrected chi connectivity index (χ0v) is 17.7. The molecule has 0 heterocycles. The molecule has 0 spiro atoms. The molecule has 0 unspecified atom stereocenters. The van der Waals surface area contributed by atoms with E-state index in [0.29, 0.717) is 5.56 Å². The van der Waals surface area contributed by atoms with Gasteiger partial charge in [-0.15, -0.1) is 0 Å². The fourth-order valence-electron chi connectivity index (χ4n) is 3.96. The third kappa shape index (κ3) is 3.27. The molecule has 30 heavy (non-hydrogen) atoms. The minimum Gasteiger partial charge on any atom is -0.321 e. The van der Waals surface area contributed by atoms with E-state index in [9.17, 15) is 4.79 Å². The van der Waals surface area contributed by atoms with Crippen LogP contribution in [0.15, 0.2) is 108 Å². The molecule has 0 saturated carbocycles. The highest BCUT2D eigenvalue weighted by Gasteiger charge is 2.18. The molecule has 5 aromatic rings. The number of nitrogens with one attached hydrogen (secondary N) is 1. The molecule has 1 N–H and O–H groups in total. The van der Waals surface area contributed by atoms with E-state index in [4.69, 9.17) is 0 Å². The number of hydrogen-bond acceptors (Lipinski definition) is 1. The quantitative estimate of drug-likeness (QED) is 0.280. The first-order chi connectivity index (χ1) is 14.7. The number of rotatable bonds is 3. The van der Waals surface area contributed by atoms with E-state index in [1.165, 1.54) is 5.39 Å². The fourth-order valence-corrected chi connectivity index (χ4v) is 4.23. The van der Waals surface area contributed by atoms with Crippen LogP contribution >= 0.6 is 15.9 Å². The molecule has 1 amide bonds. The maximum Gasteiger partial charge on any atom is 0.255 e. The molecule has 0 bridgehead atoms. The van der Waals surface area contributed by atoms with E-state index in [0.717, 1.165) is 37.4 Å². The second-order valence-corrected chi connectivity index (χ2v) is 8.08. The van der Waals surface area contributed by atoms with Crippen molar-refractivity contribution in [3.63, 3.8) is 0 Å². The van der Waals surface area contributed by atoms with Gasteiger partial charge in [-0.05, 0) is 46.0 Å². The topological polar surface area (TPSA) is 29.1 Å². The highest BCUT2D eigenvalue weighted by atomic mass is 79.9. The average Bonchev–Trinajstić information content (AvgIpc) is 2.80. The number of carbonyl (C=O) groups excluding carboxylic acids is 1. The zero-order chi connectivity index (χ0) is 20.5. The van der Waals surface area contributed by atoms with Crippen molar-refractivity contribution in [3.8, 4) is 11.1 Å². The van der Waals surface area contributed by atoms with Crippen LogP contribution in [0.1, 0.15) is 10.4 Å². The predicted molar refractivity (Wildman–Crippen MR) is 129 cm³/mol. The monoisotopic (exact) mass is 451 g/mol. The minimum absolute atomic E-state index is 0.125. The number of hydrogen-bond donors (Lipinski definition) is 1. The highest BCUT2D eigenvalue weighted by Crippen LogP contribution is 2.42. The lowest BCUT2D eigenvalue weighted by Gasteiger charge is -2.18. The molecule has 5 aromatic carbocycles. The van der Waals surface area contributed by atoms with E-state index in [2.05, 4.69) is 63.7 Å². The zero-order valence-electron chi connectivity index (χ0n) is 16.1. The number of benzene rings is 5. The third-order valence-corrected chi connectivity index (χ3v) is 5.87. The Hall–Kier alpha value is -3.43. The summed E-state index contributed by atoms with van der Waals surface area (Å²) < 4.78 is 0.945. The Morgan fingerprint density at radius 3 is 1.80 bits per heavy atom. The molecule has 0 fully saturated rings. The van der Waals surface area contributed by atoms with Gasteiger partial charge in [0.1, 0.15) is 0 Å². The molecule has 0 atom stereocenters. The van der Waals surface area contributed by atoms with Crippen LogP contribution in [-0.2, 0) is 0 Å². The van der Waals surface area contributed by atoms with Crippen LogP contribution in [0.4, 0.5) is 5.69 Å². The van der Waals surface area contributed by atoms with E-state index >= 15 is 0 Å². The summed E-state index contributed by atoms with van der Waals surface area (Å²) in [5.74, 6) is -0.125. The Balaban J connectivity index is 1.80. The second kappa shape index (κ2) is 7.77. The van der Waals surface area contributed by atoms with E-state index in [1.807, 2.05) is 60.7 Å².